The van der Waals surface area contributed by atoms with Crippen LogP contribution in [0.3, 0.4) is 0 Å². The molecule has 1 fully saturated rings. The van der Waals surface area contributed by atoms with Crippen molar-refractivity contribution in [1.82, 2.24) is 9.97 Å². The summed E-state index contributed by atoms with van der Waals surface area (Å²) in [5.41, 5.74) is 5.15. The molecule has 2 unspecified atom stereocenters. The molecule has 1 aromatic heterocycles. The third-order valence-electron chi connectivity index (χ3n) is 2.97. The normalized spacial score (nSPS) is 27.2. The van der Waals surface area contributed by atoms with Crippen LogP contribution >= 0.6 is 31.9 Å². The molecule has 0 bridgehead atoms. The number of amides is 1. The van der Waals surface area contributed by atoms with Gasteiger partial charge in [-0.1, -0.05) is 0 Å². The molecule has 1 aliphatic heterocycles. The van der Waals surface area contributed by atoms with Crippen LogP contribution in [0.1, 0.15) is 6.92 Å². The lowest BCUT2D eigenvalue weighted by molar-refractivity contribution is -0.125. The maximum atomic E-state index is 12.2. The van der Waals surface area contributed by atoms with E-state index in [9.17, 15) is 4.79 Å². The van der Waals surface area contributed by atoms with Crippen molar-refractivity contribution in [3.05, 3.63) is 15.4 Å². The molecular weight excluding hydrogens is 368 g/mol. The highest BCUT2D eigenvalue weighted by Crippen LogP contribution is 2.29. The lowest BCUT2D eigenvalue weighted by Gasteiger charge is -2.25. The van der Waals surface area contributed by atoms with Gasteiger partial charge in [-0.05, 0) is 38.8 Å². The number of carbonyl (C=O) groups excluding carboxylic acids is 1. The number of hydrogen-bond donors (Lipinski definition) is 2. The van der Waals surface area contributed by atoms with Crippen molar-refractivity contribution in [3.63, 3.8) is 0 Å². The zero-order valence-electron chi connectivity index (χ0n) is 9.61. The minimum absolute atomic E-state index is 0.218. The van der Waals surface area contributed by atoms with Crippen LogP contribution in [0.5, 0.6) is 0 Å². The van der Waals surface area contributed by atoms with Gasteiger partial charge in [0, 0.05) is 6.04 Å². The molecule has 2 atom stereocenters. The van der Waals surface area contributed by atoms with Crippen molar-refractivity contribution in [1.29, 1.82) is 0 Å². The lowest BCUT2D eigenvalue weighted by atomic mass is 9.85. The molecule has 98 valence electrons. The summed E-state index contributed by atoms with van der Waals surface area (Å²) < 4.78 is 6.28. The van der Waals surface area contributed by atoms with Gasteiger partial charge >= 0.3 is 0 Å². The van der Waals surface area contributed by atoms with Gasteiger partial charge in [0.25, 0.3) is 0 Å². The first-order valence-electron chi connectivity index (χ1n) is 5.26. The summed E-state index contributed by atoms with van der Waals surface area (Å²) in [7, 11) is 0. The first-order chi connectivity index (χ1) is 8.43. The van der Waals surface area contributed by atoms with E-state index < -0.39 is 5.41 Å². The molecule has 1 aromatic rings. The fourth-order valence-electron chi connectivity index (χ4n) is 1.60. The Morgan fingerprint density at radius 1 is 1.67 bits per heavy atom. The Morgan fingerprint density at radius 3 is 2.94 bits per heavy atom. The summed E-state index contributed by atoms with van der Waals surface area (Å²) in [6, 6.07) is -0.320. The summed E-state index contributed by atoms with van der Waals surface area (Å²) in [5, 5.41) is 2.71. The van der Waals surface area contributed by atoms with E-state index in [-0.39, 0.29) is 11.9 Å². The van der Waals surface area contributed by atoms with Crippen LogP contribution in [0.4, 0.5) is 5.82 Å². The highest BCUT2D eigenvalue weighted by molar-refractivity contribution is 9.11. The van der Waals surface area contributed by atoms with Crippen molar-refractivity contribution in [3.8, 4) is 0 Å². The number of anilines is 1. The van der Waals surface area contributed by atoms with E-state index in [1.54, 1.807) is 6.92 Å². The van der Waals surface area contributed by atoms with E-state index >= 15 is 0 Å². The number of rotatable bonds is 2. The molecular formula is C10H12Br2N4O2. The van der Waals surface area contributed by atoms with E-state index in [0.717, 1.165) is 0 Å². The van der Waals surface area contributed by atoms with Gasteiger partial charge in [-0.15, -0.1) is 0 Å². The average Bonchev–Trinajstić information content (AvgIpc) is 2.64. The molecule has 18 heavy (non-hydrogen) atoms. The van der Waals surface area contributed by atoms with E-state index in [1.165, 1.54) is 6.20 Å². The van der Waals surface area contributed by atoms with Gasteiger partial charge in [-0.3, -0.25) is 4.79 Å². The number of nitrogens with zero attached hydrogens (tertiary/aromatic N) is 2. The molecule has 2 heterocycles. The summed E-state index contributed by atoms with van der Waals surface area (Å²) in [5.74, 6) is 0.147. The molecule has 0 saturated carbocycles. The predicted octanol–water partition coefficient (Wildman–Crippen LogP) is 1.30. The van der Waals surface area contributed by atoms with Gasteiger partial charge in [-0.25, -0.2) is 9.97 Å². The van der Waals surface area contributed by atoms with Crippen molar-refractivity contribution in [2.45, 2.75) is 13.0 Å². The minimum Gasteiger partial charge on any atom is -0.379 e. The highest BCUT2D eigenvalue weighted by Gasteiger charge is 2.44. The van der Waals surface area contributed by atoms with E-state index in [2.05, 4.69) is 47.1 Å². The maximum absolute atomic E-state index is 12.2. The largest absolute Gasteiger partial charge is 0.379 e. The first-order valence-corrected chi connectivity index (χ1v) is 6.85. The third kappa shape index (κ3) is 2.56. The fourth-order valence-corrected chi connectivity index (χ4v) is 2.51. The molecule has 2 rings (SSSR count). The Morgan fingerprint density at radius 2 is 2.39 bits per heavy atom. The number of nitrogens with one attached hydrogen (secondary N) is 1. The molecule has 0 aliphatic carbocycles. The predicted molar refractivity (Wildman–Crippen MR) is 73.0 cm³/mol. The number of ether oxygens (including phenoxy) is 1. The molecule has 0 radical (unpaired) electrons. The van der Waals surface area contributed by atoms with Crippen molar-refractivity contribution >= 4 is 43.6 Å². The highest BCUT2D eigenvalue weighted by atomic mass is 79.9. The van der Waals surface area contributed by atoms with Gasteiger partial charge in [-0.2, -0.15) is 0 Å². The Labute approximate surface area is 121 Å². The number of halogens is 2. The SMILES string of the molecule is CC1(C(=O)Nc2ncc(Br)nc2Br)COCC1N. The first kappa shape index (κ1) is 13.9. The molecule has 1 amide bonds. The average molecular weight is 380 g/mol. The number of hydrogen-bond acceptors (Lipinski definition) is 5. The second kappa shape index (κ2) is 5.20. The van der Waals surface area contributed by atoms with Crippen LogP contribution in [-0.4, -0.2) is 35.1 Å². The van der Waals surface area contributed by atoms with Crippen LogP contribution in [0.25, 0.3) is 0 Å². The summed E-state index contributed by atoms with van der Waals surface area (Å²) in [4.78, 5) is 20.4. The van der Waals surface area contributed by atoms with E-state index in [4.69, 9.17) is 10.5 Å². The number of aromatic nitrogens is 2. The van der Waals surface area contributed by atoms with E-state index in [0.29, 0.717) is 28.2 Å². The van der Waals surface area contributed by atoms with E-state index in [1.807, 2.05) is 0 Å². The standard InChI is InChI=1S/C10H12Br2N4O2/c1-10(4-18-3-5(10)13)9(17)16-8-7(12)15-6(11)2-14-8/h2,5H,3-4,13H2,1H3,(H,14,16,17). The van der Waals surface area contributed by atoms with Crippen molar-refractivity contribution in [2.24, 2.45) is 11.1 Å². The van der Waals surface area contributed by atoms with Gasteiger partial charge in [0.05, 0.1) is 24.8 Å². The Balaban J connectivity index is 2.16. The second-order valence-electron chi connectivity index (χ2n) is 4.33. The van der Waals surface area contributed by atoms with Crippen LogP contribution < -0.4 is 11.1 Å². The van der Waals surface area contributed by atoms with Gasteiger partial charge in [0.15, 0.2) is 5.82 Å². The topological polar surface area (TPSA) is 90.1 Å². The molecule has 0 spiro atoms. The molecule has 3 N–H and O–H groups in total. The van der Waals surface area contributed by atoms with Crippen LogP contribution in [-0.2, 0) is 9.53 Å². The summed E-state index contributed by atoms with van der Waals surface area (Å²) in [6.07, 6.45) is 1.51. The molecule has 1 saturated heterocycles. The number of nitrogens with two attached hydrogens (primary N) is 1. The van der Waals surface area contributed by atoms with Crippen molar-refractivity contribution < 1.29 is 9.53 Å². The quantitative estimate of drug-likeness (QED) is 0.808. The molecule has 8 heteroatoms. The van der Waals surface area contributed by atoms with Crippen LogP contribution in [0.15, 0.2) is 15.4 Å². The maximum Gasteiger partial charge on any atom is 0.235 e. The molecule has 6 nitrogen and oxygen atoms in total. The van der Waals surface area contributed by atoms with Crippen LogP contribution in [0, 0.1) is 5.41 Å². The van der Waals surface area contributed by atoms with Crippen LogP contribution in [0.2, 0.25) is 0 Å². The monoisotopic (exact) mass is 378 g/mol. The third-order valence-corrected chi connectivity index (χ3v) is 3.90. The van der Waals surface area contributed by atoms with Crippen molar-refractivity contribution in [2.75, 3.05) is 18.5 Å². The fraction of sp³-hybridized carbons (Fsp3) is 0.500. The Hall–Kier alpha value is -0.570. The Bertz CT molecular complexity index is 485. The van der Waals surface area contributed by atoms with Gasteiger partial charge < -0.3 is 15.8 Å². The summed E-state index contributed by atoms with van der Waals surface area (Å²) >= 11 is 6.43. The minimum atomic E-state index is -0.742. The second-order valence-corrected chi connectivity index (χ2v) is 5.89. The molecule has 0 aromatic carbocycles. The Kier molecular flexibility index (Phi) is 4.00. The van der Waals surface area contributed by atoms with Gasteiger partial charge in [0.2, 0.25) is 5.91 Å². The smallest absolute Gasteiger partial charge is 0.235 e. The summed E-state index contributed by atoms with van der Waals surface area (Å²) in [6.45, 7) is 2.47. The molecule has 1 aliphatic rings. The van der Waals surface area contributed by atoms with Gasteiger partial charge in [0.1, 0.15) is 9.21 Å². The lowest BCUT2D eigenvalue weighted by Crippen LogP contribution is -2.47. The zero-order valence-corrected chi connectivity index (χ0v) is 12.8. The number of carbonyl (C=O) groups is 1. The zero-order chi connectivity index (χ0) is 13.3.